The lowest BCUT2D eigenvalue weighted by Gasteiger charge is -2.26. The number of carbonyl (C=O) groups is 1. The lowest BCUT2D eigenvalue weighted by atomic mass is 10.2. The molecule has 2 bridgehead atoms. The summed E-state index contributed by atoms with van der Waals surface area (Å²) in [6, 6.07) is 0.0631. The zero-order valence-electron chi connectivity index (χ0n) is 6.50. The Balaban J connectivity index is 2.40. The molecule has 2 heterocycles. The maximum absolute atomic E-state index is 11.3. The minimum absolute atomic E-state index is 0.0631. The van der Waals surface area contributed by atoms with Crippen LogP contribution in [0.2, 0.25) is 0 Å². The Hall–Kier alpha value is -1.19. The van der Waals surface area contributed by atoms with Crippen LogP contribution in [0, 0.1) is 0 Å². The molecule has 0 spiro atoms. The second kappa shape index (κ2) is 1.90. The molecule has 11 heavy (non-hydrogen) atoms. The number of rotatable bonds is 0. The number of nitrogens with two attached hydrogens (primary N) is 1. The summed E-state index contributed by atoms with van der Waals surface area (Å²) in [5.41, 5.74) is 6.81. The zero-order chi connectivity index (χ0) is 8.01. The van der Waals surface area contributed by atoms with Crippen molar-refractivity contribution in [2.75, 3.05) is 19.6 Å². The van der Waals surface area contributed by atoms with Crippen LogP contribution >= 0.6 is 0 Å². The molecule has 0 atom stereocenters. The van der Waals surface area contributed by atoms with E-state index in [4.69, 9.17) is 5.73 Å². The lowest BCUT2D eigenvalue weighted by molar-refractivity contribution is 0.196. The van der Waals surface area contributed by atoms with Crippen molar-refractivity contribution in [1.29, 1.82) is 0 Å². The molecule has 2 amide bonds. The van der Waals surface area contributed by atoms with Gasteiger partial charge in [0.05, 0.1) is 0 Å². The molecule has 1 fully saturated rings. The average molecular weight is 153 g/mol. The standard InChI is InChI=1S/C7H11N3O/c1-5-4-9-2-3-10(6(5)8)7(9)11/h2-4,8H2,1H3. The topological polar surface area (TPSA) is 49.6 Å². The van der Waals surface area contributed by atoms with Gasteiger partial charge in [0.15, 0.2) is 0 Å². The van der Waals surface area contributed by atoms with E-state index in [1.54, 1.807) is 4.90 Å². The first-order valence-electron chi connectivity index (χ1n) is 3.72. The number of carbonyl (C=O) groups excluding carboxylic acids is 1. The number of nitrogens with zero attached hydrogens (tertiary/aromatic N) is 2. The number of amides is 2. The Morgan fingerprint density at radius 3 is 2.91 bits per heavy atom. The molecule has 0 radical (unpaired) electrons. The van der Waals surface area contributed by atoms with Gasteiger partial charge in [-0.15, -0.1) is 0 Å². The summed E-state index contributed by atoms with van der Waals surface area (Å²) in [7, 11) is 0. The largest absolute Gasteiger partial charge is 0.385 e. The molecule has 0 aliphatic carbocycles. The monoisotopic (exact) mass is 153 g/mol. The molecule has 0 unspecified atom stereocenters. The normalized spacial score (nSPS) is 23.5. The summed E-state index contributed by atoms with van der Waals surface area (Å²) in [6.45, 7) is 4.24. The van der Waals surface area contributed by atoms with Crippen LogP contribution in [-0.2, 0) is 0 Å². The average Bonchev–Trinajstić information content (AvgIpc) is 2.23. The van der Waals surface area contributed by atoms with Gasteiger partial charge >= 0.3 is 6.03 Å². The molecule has 2 rings (SSSR count). The van der Waals surface area contributed by atoms with Gasteiger partial charge in [0.25, 0.3) is 0 Å². The zero-order valence-corrected chi connectivity index (χ0v) is 6.50. The van der Waals surface area contributed by atoms with Gasteiger partial charge in [0.2, 0.25) is 0 Å². The first kappa shape index (κ1) is 6.52. The summed E-state index contributed by atoms with van der Waals surface area (Å²) in [5, 5.41) is 0. The fourth-order valence-corrected chi connectivity index (χ4v) is 1.55. The molecule has 2 aliphatic heterocycles. The Bertz CT molecular complexity index is 246. The molecule has 0 aromatic heterocycles. The highest BCUT2D eigenvalue weighted by atomic mass is 16.2. The van der Waals surface area contributed by atoms with Crippen molar-refractivity contribution in [1.82, 2.24) is 9.80 Å². The van der Waals surface area contributed by atoms with Gasteiger partial charge < -0.3 is 10.6 Å². The molecular formula is C7H11N3O. The smallest absolute Gasteiger partial charge is 0.326 e. The number of hydrogen-bond donors (Lipinski definition) is 1. The summed E-state index contributed by atoms with van der Waals surface area (Å²) >= 11 is 0. The van der Waals surface area contributed by atoms with E-state index in [2.05, 4.69) is 0 Å². The van der Waals surface area contributed by atoms with Gasteiger partial charge in [-0.3, -0.25) is 4.90 Å². The van der Waals surface area contributed by atoms with Crippen LogP contribution in [0.1, 0.15) is 6.92 Å². The van der Waals surface area contributed by atoms with Crippen LogP contribution in [0.5, 0.6) is 0 Å². The van der Waals surface area contributed by atoms with E-state index in [-0.39, 0.29) is 6.03 Å². The van der Waals surface area contributed by atoms with E-state index >= 15 is 0 Å². The van der Waals surface area contributed by atoms with E-state index in [0.717, 1.165) is 18.7 Å². The van der Waals surface area contributed by atoms with Crippen LogP contribution in [0.4, 0.5) is 4.79 Å². The van der Waals surface area contributed by atoms with Gasteiger partial charge in [0.1, 0.15) is 5.82 Å². The van der Waals surface area contributed by atoms with Gasteiger partial charge in [-0.25, -0.2) is 4.79 Å². The Labute approximate surface area is 65.2 Å². The van der Waals surface area contributed by atoms with E-state index in [1.807, 2.05) is 11.8 Å². The van der Waals surface area contributed by atoms with E-state index in [9.17, 15) is 4.79 Å². The highest BCUT2D eigenvalue weighted by Crippen LogP contribution is 2.21. The van der Waals surface area contributed by atoms with Gasteiger partial charge in [-0.05, 0) is 12.5 Å². The Morgan fingerprint density at radius 2 is 2.18 bits per heavy atom. The molecule has 0 aromatic carbocycles. The number of hydrogen-bond acceptors (Lipinski definition) is 2. The van der Waals surface area contributed by atoms with Gasteiger partial charge in [-0.2, -0.15) is 0 Å². The fraction of sp³-hybridized carbons (Fsp3) is 0.571. The minimum atomic E-state index is 0.0631. The van der Waals surface area contributed by atoms with Crippen molar-refractivity contribution in [3.8, 4) is 0 Å². The summed E-state index contributed by atoms with van der Waals surface area (Å²) in [4.78, 5) is 14.7. The van der Waals surface area contributed by atoms with Crippen molar-refractivity contribution in [3.05, 3.63) is 11.4 Å². The van der Waals surface area contributed by atoms with Gasteiger partial charge in [0, 0.05) is 19.6 Å². The molecule has 0 aromatic rings. The van der Waals surface area contributed by atoms with Crippen LogP contribution in [-0.4, -0.2) is 35.5 Å². The predicted molar refractivity (Wildman–Crippen MR) is 40.6 cm³/mol. The number of urea groups is 1. The molecular weight excluding hydrogens is 142 g/mol. The molecule has 2 aliphatic rings. The minimum Gasteiger partial charge on any atom is -0.385 e. The predicted octanol–water partition coefficient (Wildman–Crippen LogP) is -0.0722. The Kier molecular flexibility index (Phi) is 1.13. The van der Waals surface area contributed by atoms with Crippen LogP contribution < -0.4 is 5.73 Å². The van der Waals surface area contributed by atoms with Crippen molar-refractivity contribution in [3.63, 3.8) is 0 Å². The van der Waals surface area contributed by atoms with E-state index in [1.165, 1.54) is 0 Å². The molecule has 2 N–H and O–H groups in total. The molecule has 4 nitrogen and oxygen atoms in total. The maximum Gasteiger partial charge on any atom is 0.326 e. The third-order valence-corrected chi connectivity index (χ3v) is 2.25. The summed E-state index contributed by atoms with van der Waals surface area (Å²) in [6.07, 6.45) is 0. The summed E-state index contributed by atoms with van der Waals surface area (Å²) in [5.74, 6) is 0.656. The third-order valence-electron chi connectivity index (χ3n) is 2.25. The number of fused-ring (bicyclic) bond motifs is 2. The highest BCUT2D eigenvalue weighted by molar-refractivity contribution is 5.80. The lowest BCUT2D eigenvalue weighted by Crippen LogP contribution is -2.40. The quantitative estimate of drug-likeness (QED) is 0.529. The molecule has 4 heteroatoms. The molecule has 1 saturated heterocycles. The molecule has 60 valence electrons. The summed E-state index contributed by atoms with van der Waals surface area (Å²) < 4.78 is 0. The van der Waals surface area contributed by atoms with Crippen LogP contribution in [0.25, 0.3) is 0 Å². The third kappa shape index (κ3) is 0.721. The van der Waals surface area contributed by atoms with Crippen LogP contribution in [0.3, 0.4) is 0 Å². The SMILES string of the molecule is CC1=C(N)N2CCN(C1)C2=O. The van der Waals surface area contributed by atoms with Crippen LogP contribution in [0.15, 0.2) is 11.4 Å². The second-order valence-electron chi connectivity index (χ2n) is 3.02. The van der Waals surface area contributed by atoms with Crippen molar-refractivity contribution in [2.45, 2.75) is 6.92 Å². The molecule has 0 saturated carbocycles. The van der Waals surface area contributed by atoms with Gasteiger partial charge in [-0.1, -0.05) is 0 Å². The highest BCUT2D eigenvalue weighted by Gasteiger charge is 2.34. The maximum atomic E-state index is 11.3. The fourth-order valence-electron chi connectivity index (χ4n) is 1.55. The van der Waals surface area contributed by atoms with E-state index < -0.39 is 0 Å². The van der Waals surface area contributed by atoms with Crippen molar-refractivity contribution in [2.24, 2.45) is 5.73 Å². The Morgan fingerprint density at radius 1 is 1.45 bits per heavy atom. The van der Waals surface area contributed by atoms with E-state index in [0.29, 0.717) is 12.4 Å². The first-order chi connectivity index (χ1) is 5.20. The van der Waals surface area contributed by atoms with Crippen molar-refractivity contribution >= 4 is 6.03 Å². The second-order valence-corrected chi connectivity index (χ2v) is 3.02. The first-order valence-corrected chi connectivity index (χ1v) is 3.72. The van der Waals surface area contributed by atoms with Crippen molar-refractivity contribution < 1.29 is 4.79 Å².